The minimum absolute atomic E-state index is 0.189. The van der Waals surface area contributed by atoms with Gasteiger partial charge in [0.1, 0.15) is 6.04 Å². The Morgan fingerprint density at radius 2 is 1.84 bits per heavy atom. The van der Waals surface area contributed by atoms with Crippen LogP contribution in [0.15, 0.2) is 30.3 Å². The van der Waals surface area contributed by atoms with Crippen LogP contribution in [0, 0.1) is 0 Å². The maximum atomic E-state index is 11.9. The van der Waals surface area contributed by atoms with Crippen molar-refractivity contribution in [2.75, 3.05) is 13.6 Å². The number of nitrogens with zero attached hydrogens (tertiary/aromatic N) is 1. The third-order valence-electron chi connectivity index (χ3n) is 2.50. The molecule has 1 rings (SSSR count). The van der Waals surface area contributed by atoms with Crippen LogP contribution in [0.2, 0.25) is 0 Å². The number of rotatable bonds is 5. The highest BCUT2D eigenvalue weighted by Crippen LogP contribution is 2.02. The summed E-state index contributed by atoms with van der Waals surface area (Å²) in [7, 11) is 1.49. The Balaban J connectivity index is 2.55. The smallest absolute Gasteiger partial charge is 0.325 e. The average Bonchev–Trinajstić information content (AvgIpc) is 2.38. The van der Waals surface area contributed by atoms with Gasteiger partial charge in [0.05, 0.1) is 6.54 Å². The van der Waals surface area contributed by atoms with E-state index >= 15 is 0 Å². The van der Waals surface area contributed by atoms with E-state index in [-0.39, 0.29) is 12.5 Å². The molecule has 2 amide bonds. The Bertz CT molecular complexity index is 473. The summed E-state index contributed by atoms with van der Waals surface area (Å²) in [6, 6.07) is 7.57. The first kappa shape index (κ1) is 14.7. The van der Waals surface area contributed by atoms with Crippen molar-refractivity contribution in [1.82, 2.24) is 10.2 Å². The van der Waals surface area contributed by atoms with E-state index in [0.717, 1.165) is 0 Å². The number of carboxylic acids is 1. The lowest BCUT2D eigenvalue weighted by Gasteiger charge is -2.17. The van der Waals surface area contributed by atoms with Crippen LogP contribution in [0.4, 0.5) is 0 Å². The molecule has 0 radical (unpaired) electrons. The topological polar surface area (TPSA) is 86.7 Å². The van der Waals surface area contributed by atoms with E-state index in [1.165, 1.54) is 18.9 Å². The van der Waals surface area contributed by atoms with Gasteiger partial charge in [-0.1, -0.05) is 18.2 Å². The third kappa shape index (κ3) is 4.42. The van der Waals surface area contributed by atoms with Crippen molar-refractivity contribution < 1.29 is 19.5 Å². The van der Waals surface area contributed by atoms with Gasteiger partial charge in [-0.15, -0.1) is 0 Å². The second-order valence-corrected chi connectivity index (χ2v) is 4.15. The number of hydrogen-bond donors (Lipinski definition) is 2. The van der Waals surface area contributed by atoms with E-state index < -0.39 is 17.9 Å². The Morgan fingerprint density at radius 1 is 1.26 bits per heavy atom. The first-order valence-electron chi connectivity index (χ1n) is 5.74. The molecule has 0 aliphatic rings. The zero-order valence-corrected chi connectivity index (χ0v) is 10.8. The molecule has 19 heavy (non-hydrogen) atoms. The molecule has 0 saturated carbocycles. The van der Waals surface area contributed by atoms with Crippen molar-refractivity contribution in [1.29, 1.82) is 0 Å². The maximum absolute atomic E-state index is 11.9. The largest absolute Gasteiger partial charge is 0.480 e. The number of carbonyl (C=O) groups excluding carboxylic acids is 2. The van der Waals surface area contributed by atoms with Gasteiger partial charge in [-0.25, -0.2) is 0 Å². The molecule has 0 aromatic heterocycles. The number of carbonyl (C=O) groups is 3. The number of likely N-dealkylation sites (N-methyl/N-ethyl adjacent to an activating group) is 1. The Kier molecular flexibility index (Phi) is 5.05. The number of amides is 2. The normalized spacial score (nSPS) is 11.5. The minimum Gasteiger partial charge on any atom is -0.480 e. The fraction of sp³-hybridized carbons (Fsp3) is 0.308. The van der Waals surface area contributed by atoms with Crippen molar-refractivity contribution in [2.45, 2.75) is 13.0 Å². The van der Waals surface area contributed by atoms with Crippen LogP contribution in [0.25, 0.3) is 0 Å². The number of nitrogens with one attached hydrogen (secondary N) is 1. The lowest BCUT2D eigenvalue weighted by atomic mass is 10.2. The molecule has 1 aromatic carbocycles. The molecule has 0 spiro atoms. The van der Waals surface area contributed by atoms with Gasteiger partial charge in [-0.05, 0) is 19.1 Å². The zero-order valence-electron chi connectivity index (χ0n) is 10.8. The van der Waals surface area contributed by atoms with Gasteiger partial charge in [0, 0.05) is 12.6 Å². The highest BCUT2D eigenvalue weighted by atomic mass is 16.4. The molecule has 0 aliphatic heterocycles. The SMILES string of the molecule is CC(NC(=O)CN(C)C(=O)c1ccccc1)C(=O)O. The molecule has 102 valence electrons. The van der Waals surface area contributed by atoms with E-state index in [4.69, 9.17) is 5.11 Å². The summed E-state index contributed by atoms with van der Waals surface area (Å²) in [5, 5.41) is 10.9. The molecular weight excluding hydrogens is 248 g/mol. The summed E-state index contributed by atoms with van der Waals surface area (Å²) in [6.07, 6.45) is 0. The van der Waals surface area contributed by atoms with Crippen LogP contribution in [0.5, 0.6) is 0 Å². The standard InChI is InChI=1S/C13H16N2O4/c1-9(13(18)19)14-11(16)8-15(2)12(17)10-6-4-3-5-7-10/h3-7,9H,8H2,1-2H3,(H,14,16)(H,18,19). The van der Waals surface area contributed by atoms with Crippen LogP contribution < -0.4 is 5.32 Å². The molecule has 0 aliphatic carbocycles. The molecule has 0 heterocycles. The van der Waals surface area contributed by atoms with Crippen LogP contribution in [-0.2, 0) is 9.59 Å². The lowest BCUT2D eigenvalue weighted by Crippen LogP contribution is -2.44. The van der Waals surface area contributed by atoms with Gasteiger partial charge < -0.3 is 15.3 Å². The third-order valence-corrected chi connectivity index (χ3v) is 2.50. The van der Waals surface area contributed by atoms with E-state index in [0.29, 0.717) is 5.56 Å². The fourth-order valence-electron chi connectivity index (χ4n) is 1.44. The predicted molar refractivity (Wildman–Crippen MR) is 68.6 cm³/mol. The van der Waals surface area contributed by atoms with Crippen LogP contribution in [0.3, 0.4) is 0 Å². The molecule has 0 saturated heterocycles. The zero-order chi connectivity index (χ0) is 14.4. The molecule has 1 unspecified atom stereocenters. The van der Waals surface area contributed by atoms with E-state index in [9.17, 15) is 14.4 Å². The van der Waals surface area contributed by atoms with E-state index in [2.05, 4.69) is 5.32 Å². The van der Waals surface area contributed by atoms with E-state index in [1.54, 1.807) is 30.3 Å². The Hall–Kier alpha value is -2.37. The van der Waals surface area contributed by atoms with Crippen molar-refractivity contribution in [3.8, 4) is 0 Å². The molecule has 6 nitrogen and oxygen atoms in total. The molecule has 0 fully saturated rings. The number of aliphatic carboxylic acids is 1. The van der Waals surface area contributed by atoms with Crippen LogP contribution in [-0.4, -0.2) is 47.4 Å². The van der Waals surface area contributed by atoms with Crippen LogP contribution in [0.1, 0.15) is 17.3 Å². The summed E-state index contributed by atoms with van der Waals surface area (Å²) in [5.74, 6) is -1.93. The summed E-state index contributed by atoms with van der Waals surface area (Å²) in [4.78, 5) is 35.3. The van der Waals surface area contributed by atoms with Crippen molar-refractivity contribution in [3.63, 3.8) is 0 Å². The number of carboxylic acid groups (broad SMARTS) is 1. The second-order valence-electron chi connectivity index (χ2n) is 4.15. The van der Waals surface area contributed by atoms with Crippen LogP contribution >= 0.6 is 0 Å². The molecule has 0 bridgehead atoms. The average molecular weight is 264 g/mol. The Labute approximate surface area is 111 Å². The minimum atomic E-state index is -1.12. The quantitative estimate of drug-likeness (QED) is 0.803. The monoisotopic (exact) mass is 264 g/mol. The Morgan fingerprint density at radius 3 is 2.37 bits per heavy atom. The van der Waals surface area contributed by atoms with Crippen molar-refractivity contribution in [2.24, 2.45) is 0 Å². The predicted octanol–water partition coefficient (Wildman–Crippen LogP) is 0.348. The maximum Gasteiger partial charge on any atom is 0.325 e. The lowest BCUT2D eigenvalue weighted by molar-refractivity contribution is -0.141. The van der Waals surface area contributed by atoms with Crippen molar-refractivity contribution >= 4 is 17.8 Å². The second kappa shape index (κ2) is 6.53. The summed E-state index contributed by atoms with van der Waals surface area (Å²) in [6.45, 7) is 1.17. The molecule has 1 aromatic rings. The molecule has 6 heteroatoms. The molecular formula is C13H16N2O4. The first-order chi connectivity index (χ1) is 8.91. The molecule has 1 atom stereocenters. The van der Waals surface area contributed by atoms with Crippen molar-refractivity contribution in [3.05, 3.63) is 35.9 Å². The first-order valence-corrected chi connectivity index (χ1v) is 5.74. The number of hydrogen-bond acceptors (Lipinski definition) is 3. The van der Waals surface area contributed by atoms with Gasteiger partial charge in [-0.2, -0.15) is 0 Å². The van der Waals surface area contributed by atoms with Gasteiger partial charge in [0.25, 0.3) is 5.91 Å². The van der Waals surface area contributed by atoms with Gasteiger partial charge in [0.15, 0.2) is 0 Å². The summed E-state index contributed by atoms with van der Waals surface area (Å²) >= 11 is 0. The highest BCUT2D eigenvalue weighted by Gasteiger charge is 2.18. The van der Waals surface area contributed by atoms with Gasteiger partial charge in [-0.3, -0.25) is 14.4 Å². The highest BCUT2D eigenvalue weighted by molar-refractivity contribution is 5.96. The number of benzene rings is 1. The summed E-state index contributed by atoms with van der Waals surface area (Å²) in [5.41, 5.74) is 0.476. The molecule has 2 N–H and O–H groups in total. The van der Waals surface area contributed by atoms with Gasteiger partial charge >= 0.3 is 5.97 Å². The fourth-order valence-corrected chi connectivity index (χ4v) is 1.44. The summed E-state index contributed by atoms with van der Waals surface area (Å²) < 4.78 is 0. The van der Waals surface area contributed by atoms with E-state index in [1.807, 2.05) is 0 Å². The van der Waals surface area contributed by atoms with Gasteiger partial charge in [0.2, 0.25) is 5.91 Å².